The Kier molecular flexibility index (Phi) is 7.21. The maximum atomic E-state index is 7.27. The fourth-order valence-corrected chi connectivity index (χ4v) is 11.1. The Hall–Kier alpha value is -8.19. The molecule has 6 heteroatoms. The minimum atomic E-state index is 0.550. The van der Waals surface area contributed by atoms with Crippen LogP contribution in [0.1, 0.15) is 0 Å². The Morgan fingerprint density at radius 3 is 1.84 bits per heavy atom. The molecule has 0 N–H and O–H groups in total. The van der Waals surface area contributed by atoms with Crippen molar-refractivity contribution in [3.05, 3.63) is 194 Å². The molecule has 0 bridgehead atoms. The van der Waals surface area contributed by atoms with Gasteiger partial charge in [0.25, 0.3) is 0 Å². The molecule has 0 aliphatic carbocycles. The molecule has 0 aliphatic heterocycles. The second-order valence-electron chi connectivity index (χ2n) is 16.3. The highest BCUT2D eigenvalue weighted by atomic mass is 32.1. The maximum Gasteiger partial charge on any atom is 0.167 e. The van der Waals surface area contributed by atoms with Gasteiger partial charge in [0.2, 0.25) is 0 Å². The van der Waals surface area contributed by atoms with Crippen molar-refractivity contribution < 1.29 is 4.42 Å². The number of thiophene rings is 1. The number of fused-ring (bicyclic) bond motifs is 14. The summed E-state index contributed by atoms with van der Waals surface area (Å²) in [7, 11) is 0. The molecule has 4 heterocycles. The number of aromatic nitrogens is 4. The molecule has 292 valence electrons. The van der Waals surface area contributed by atoms with Crippen LogP contribution in [0.4, 0.5) is 0 Å². The van der Waals surface area contributed by atoms with Gasteiger partial charge >= 0.3 is 0 Å². The van der Waals surface area contributed by atoms with E-state index in [0.717, 1.165) is 71.5 Å². The van der Waals surface area contributed by atoms with E-state index in [1.165, 1.54) is 47.1 Å². The van der Waals surface area contributed by atoms with Crippen molar-refractivity contribution in [1.29, 1.82) is 0 Å². The van der Waals surface area contributed by atoms with E-state index in [9.17, 15) is 0 Å². The molecule has 63 heavy (non-hydrogen) atoms. The van der Waals surface area contributed by atoms with Gasteiger partial charge in [0.1, 0.15) is 11.2 Å². The van der Waals surface area contributed by atoms with Gasteiger partial charge in [-0.15, -0.1) is 11.3 Å². The van der Waals surface area contributed by atoms with Crippen molar-refractivity contribution in [2.45, 2.75) is 0 Å². The molecule has 0 fully saturated rings. The third-order valence-corrected chi connectivity index (χ3v) is 13.9. The van der Waals surface area contributed by atoms with Gasteiger partial charge < -0.3 is 8.98 Å². The summed E-state index contributed by atoms with van der Waals surface area (Å²) in [6, 6.07) is 69.1. The first kappa shape index (κ1) is 34.5. The van der Waals surface area contributed by atoms with Crippen molar-refractivity contribution in [2.24, 2.45) is 0 Å². The van der Waals surface area contributed by atoms with Crippen LogP contribution in [0.15, 0.2) is 199 Å². The third-order valence-electron chi connectivity index (χ3n) is 12.8. The molecule has 0 saturated carbocycles. The summed E-state index contributed by atoms with van der Waals surface area (Å²) in [6.45, 7) is 0. The van der Waals surface area contributed by atoms with E-state index < -0.39 is 0 Å². The summed E-state index contributed by atoms with van der Waals surface area (Å²) in [5.41, 5.74) is 7.57. The van der Waals surface area contributed by atoms with Crippen LogP contribution in [-0.2, 0) is 0 Å². The number of furan rings is 1. The Bertz CT molecular complexity index is 4220. The molecule has 14 aromatic rings. The topological polar surface area (TPSA) is 56.7 Å². The molecule has 0 saturated heterocycles. The van der Waals surface area contributed by atoms with Crippen molar-refractivity contribution in [3.63, 3.8) is 0 Å². The zero-order valence-corrected chi connectivity index (χ0v) is 34.4. The molecule has 0 atom stereocenters. The lowest BCUT2D eigenvalue weighted by Crippen LogP contribution is -2.01. The monoisotopic (exact) mass is 820 g/mol. The molecule has 5 nitrogen and oxygen atoms in total. The van der Waals surface area contributed by atoms with Crippen LogP contribution in [0.5, 0.6) is 0 Å². The van der Waals surface area contributed by atoms with Gasteiger partial charge in [0, 0.05) is 58.2 Å². The SMILES string of the molecule is c1ccc(-c2nc(-c3ccc(-n4c5cc6ccccc6cc5c5ccc6ccccc6c54)c4c3oc3c5ccccc5ccc34)nc(-c3cccc4sc5ccccc5c34)n2)cc1. The van der Waals surface area contributed by atoms with E-state index in [4.69, 9.17) is 19.4 Å². The van der Waals surface area contributed by atoms with Gasteiger partial charge in [-0.05, 0) is 64.0 Å². The Labute approximate surface area is 363 Å². The molecule has 0 radical (unpaired) electrons. The van der Waals surface area contributed by atoms with E-state index >= 15 is 0 Å². The van der Waals surface area contributed by atoms with Gasteiger partial charge in [-0.25, -0.2) is 15.0 Å². The number of hydrogen-bond donors (Lipinski definition) is 0. The first-order valence-electron chi connectivity index (χ1n) is 21.2. The summed E-state index contributed by atoms with van der Waals surface area (Å²) >= 11 is 1.79. The van der Waals surface area contributed by atoms with E-state index in [1.54, 1.807) is 11.3 Å². The normalized spacial score (nSPS) is 12.1. The smallest absolute Gasteiger partial charge is 0.167 e. The van der Waals surface area contributed by atoms with Crippen molar-refractivity contribution in [1.82, 2.24) is 19.5 Å². The Morgan fingerprint density at radius 1 is 0.381 bits per heavy atom. The molecular formula is C57H32N4OS. The van der Waals surface area contributed by atoms with Crippen molar-refractivity contribution in [3.8, 4) is 39.9 Å². The Morgan fingerprint density at radius 2 is 1.02 bits per heavy atom. The average Bonchev–Trinajstić information content (AvgIpc) is 4.03. The van der Waals surface area contributed by atoms with Gasteiger partial charge in [-0.2, -0.15) is 0 Å². The zero-order chi connectivity index (χ0) is 41.2. The van der Waals surface area contributed by atoms with E-state index in [0.29, 0.717) is 17.5 Å². The summed E-state index contributed by atoms with van der Waals surface area (Å²) < 4.78 is 12.2. The zero-order valence-electron chi connectivity index (χ0n) is 33.6. The van der Waals surface area contributed by atoms with E-state index in [2.05, 4.69) is 180 Å². The summed E-state index contributed by atoms with van der Waals surface area (Å²) in [4.78, 5) is 15.9. The van der Waals surface area contributed by atoms with Crippen LogP contribution in [0.2, 0.25) is 0 Å². The van der Waals surface area contributed by atoms with Gasteiger partial charge in [0.05, 0.1) is 27.7 Å². The van der Waals surface area contributed by atoms with E-state index in [1.807, 2.05) is 18.2 Å². The summed E-state index contributed by atoms with van der Waals surface area (Å²) in [5.74, 6) is 1.77. The molecule has 0 spiro atoms. The highest BCUT2D eigenvalue weighted by molar-refractivity contribution is 7.25. The van der Waals surface area contributed by atoms with E-state index in [-0.39, 0.29) is 0 Å². The van der Waals surface area contributed by atoms with Crippen molar-refractivity contribution >= 4 is 108 Å². The molecule has 0 amide bonds. The summed E-state index contributed by atoms with van der Waals surface area (Å²) in [6.07, 6.45) is 0. The Balaban J connectivity index is 1.12. The minimum absolute atomic E-state index is 0.550. The lowest BCUT2D eigenvalue weighted by atomic mass is 10.0. The first-order chi connectivity index (χ1) is 31.2. The first-order valence-corrected chi connectivity index (χ1v) is 22.0. The van der Waals surface area contributed by atoms with Gasteiger partial charge in [0.15, 0.2) is 17.5 Å². The maximum absolute atomic E-state index is 7.27. The molecule has 14 rings (SSSR count). The predicted molar refractivity (Wildman–Crippen MR) is 263 cm³/mol. The second-order valence-corrected chi connectivity index (χ2v) is 17.4. The second kappa shape index (κ2) is 13.2. The molecule has 4 aromatic heterocycles. The van der Waals surface area contributed by atoms with Crippen LogP contribution in [0, 0.1) is 0 Å². The fourth-order valence-electron chi connectivity index (χ4n) is 9.96. The molecule has 0 aliphatic rings. The highest BCUT2D eigenvalue weighted by Gasteiger charge is 2.25. The van der Waals surface area contributed by atoms with Crippen LogP contribution < -0.4 is 0 Å². The number of rotatable bonds is 4. The highest BCUT2D eigenvalue weighted by Crippen LogP contribution is 2.46. The van der Waals surface area contributed by atoms with Crippen molar-refractivity contribution in [2.75, 3.05) is 0 Å². The summed E-state index contributed by atoms with van der Waals surface area (Å²) in [5, 5.41) is 13.7. The van der Waals surface area contributed by atoms with Gasteiger partial charge in [-0.3, -0.25) is 0 Å². The predicted octanol–water partition coefficient (Wildman–Crippen LogP) is 15.7. The third kappa shape index (κ3) is 5.07. The molecular weight excluding hydrogens is 789 g/mol. The van der Waals surface area contributed by atoms with Gasteiger partial charge in [-0.1, -0.05) is 152 Å². The quantitative estimate of drug-likeness (QED) is 0.177. The lowest BCUT2D eigenvalue weighted by Gasteiger charge is -2.14. The number of nitrogens with zero attached hydrogens (tertiary/aromatic N) is 4. The van der Waals surface area contributed by atoms with Crippen LogP contribution in [-0.4, -0.2) is 19.5 Å². The van der Waals surface area contributed by atoms with Crippen LogP contribution >= 0.6 is 11.3 Å². The number of benzene rings is 10. The fraction of sp³-hybridized carbons (Fsp3) is 0. The van der Waals surface area contributed by atoms with Crippen LogP contribution in [0.25, 0.3) is 136 Å². The molecule has 0 unspecified atom stereocenters. The van der Waals surface area contributed by atoms with Crippen LogP contribution in [0.3, 0.4) is 0 Å². The minimum Gasteiger partial charge on any atom is -0.455 e. The average molecular weight is 821 g/mol. The number of hydrogen-bond acceptors (Lipinski definition) is 5. The lowest BCUT2D eigenvalue weighted by molar-refractivity contribution is 0.673. The molecule has 10 aromatic carbocycles. The largest absolute Gasteiger partial charge is 0.455 e. The standard InChI is InChI=1S/C57H32N4OS/c1-2-15-35(16-3-1)55-58-56(43-22-12-24-49-50(43)41-21-10-11-23-48(41)63-49)60-57(59-55)44-29-30-46(51-42-28-26-34-14-7-9-20-39(34)53(42)62-54(44)51)61-47-32-37-18-5-4-17-36(37)31-45(47)40-27-25-33-13-6-8-19-38(33)52(40)61/h1-32H.